The Morgan fingerprint density at radius 1 is 1.37 bits per heavy atom. The summed E-state index contributed by atoms with van der Waals surface area (Å²) in [6.45, 7) is 1.90. The molecule has 2 heterocycles. The fourth-order valence-corrected chi connectivity index (χ4v) is 3.15. The van der Waals surface area contributed by atoms with Crippen molar-refractivity contribution in [1.29, 1.82) is 0 Å². The van der Waals surface area contributed by atoms with Crippen LogP contribution in [0.2, 0.25) is 0 Å². The molecule has 0 N–H and O–H groups in total. The molecule has 3 rings (SSSR count). The van der Waals surface area contributed by atoms with Gasteiger partial charge in [0, 0.05) is 12.1 Å². The predicted molar refractivity (Wildman–Crippen MR) is 71.2 cm³/mol. The standard InChI is InChI=1S/C13H13N3O2S/c1-9-7-11(12(17)18-9)19-13-15-14-8-16(13)10-5-3-2-4-6-10/h2-6,8-9,11H,7H2,1H3/t9-,11+/m1/s1. The number of cyclic esters (lactones) is 1. The van der Waals surface area contributed by atoms with Gasteiger partial charge in [0.05, 0.1) is 0 Å². The van der Waals surface area contributed by atoms with Gasteiger partial charge < -0.3 is 4.74 Å². The second-order valence-electron chi connectivity index (χ2n) is 4.41. The van der Waals surface area contributed by atoms with E-state index in [1.165, 1.54) is 11.8 Å². The molecule has 19 heavy (non-hydrogen) atoms. The molecule has 5 nitrogen and oxygen atoms in total. The Morgan fingerprint density at radius 3 is 2.84 bits per heavy atom. The van der Waals surface area contributed by atoms with Gasteiger partial charge in [0.2, 0.25) is 0 Å². The third-order valence-electron chi connectivity index (χ3n) is 2.92. The Balaban J connectivity index is 1.83. The maximum absolute atomic E-state index is 11.7. The lowest BCUT2D eigenvalue weighted by molar-refractivity contribution is -0.140. The molecule has 1 aromatic carbocycles. The highest BCUT2D eigenvalue weighted by Crippen LogP contribution is 2.31. The molecule has 1 fully saturated rings. The lowest BCUT2D eigenvalue weighted by atomic mass is 10.3. The molecule has 2 aromatic rings. The van der Waals surface area contributed by atoms with Gasteiger partial charge in [-0.2, -0.15) is 0 Å². The summed E-state index contributed by atoms with van der Waals surface area (Å²) in [5, 5.41) is 8.53. The average Bonchev–Trinajstić information content (AvgIpc) is 2.98. The molecular formula is C13H13N3O2S. The number of carbonyl (C=O) groups excluding carboxylic acids is 1. The average molecular weight is 275 g/mol. The SMILES string of the molecule is C[C@@H]1C[C@H](Sc2nncn2-c2ccccc2)C(=O)O1. The largest absolute Gasteiger partial charge is 0.462 e. The fourth-order valence-electron chi connectivity index (χ4n) is 2.01. The molecule has 0 spiro atoms. The number of para-hydroxylation sites is 1. The molecule has 98 valence electrons. The van der Waals surface area contributed by atoms with Crippen LogP contribution in [-0.4, -0.2) is 32.1 Å². The smallest absolute Gasteiger partial charge is 0.319 e. The minimum Gasteiger partial charge on any atom is -0.462 e. The first-order chi connectivity index (χ1) is 9.24. The molecule has 0 amide bonds. The summed E-state index contributed by atoms with van der Waals surface area (Å²) in [4.78, 5) is 11.7. The summed E-state index contributed by atoms with van der Waals surface area (Å²) >= 11 is 1.41. The molecule has 0 saturated carbocycles. The summed E-state index contributed by atoms with van der Waals surface area (Å²) in [6.07, 6.45) is 2.35. The molecular weight excluding hydrogens is 262 g/mol. The molecule has 2 atom stereocenters. The number of hydrogen-bond donors (Lipinski definition) is 0. The number of aromatic nitrogens is 3. The van der Waals surface area contributed by atoms with Crippen molar-refractivity contribution in [3.8, 4) is 5.69 Å². The van der Waals surface area contributed by atoms with E-state index < -0.39 is 0 Å². The van der Waals surface area contributed by atoms with E-state index in [4.69, 9.17) is 4.74 Å². The normalized spacial score (nSPS) is 22.5. The van der Waals surface area contributed by atoms with E-state index in [-0.39, 0.29) is 17.3 Å². The van der Waals surface area contributed by atoms with Crippen LogP contribution in [0.25, 0.3) is 5.69 Å². The second-order valence-corrected chi connectivity index (χ2v) is 5.58. The Bertz CT molecular complexity index is 585. The van der Waals surface area contributed by atoms with Crippen molar-refractivity contribution in [2.24, 2.45) is 0 Å². The van der Waals surface area contributed by atoms with Crippen molar-refractivity contribution in [3.05, 3.63) is 36.7 Å². The summed E-state index contributed by atoms with van der Waals surface area (Å²) < 4.78 is 7.03. The molecule has 1 aliphatic rings. The second kappa shape index (κ2) is 5.05. The Labute approximate surface area is 115 Å². The topological polar surface area (TPSA) is 57.0 Å². The van der Waals surface area contributed by atoms with E-state index in [1.807, 2.05) is 41.8 Å². The highest BCUT2D eigenvalue weighted by molar-refractivity contribution is 8.00. The molecule has 0 aliphatic carbocycles. The van der Waals surface area contributed by atoms with Crippen LogP contribution in [0.15, 0.2) is 41.8 Å². The third-order valence-corrected chi connectivity index (χ3v) is 4.08. The highest BCUT2D eigenvalue weighted by atomic mass is 32.2. The van der Waals surface area contributed by atoms with Gasteiger partial charge >= 0.3 is 5.97 Å². The minimum atomic E-state index is -0.193. The Hall–Kier alpha value is -1.82. The van der Waals surface area contributed by atoms with Crippen molar-refractivity contribution in [1.82, 2.24) is 14.8 Å². The van der Waals surface area contributed by atoms with Crippen molar-refractivity contribution < 1.29 is 9.53 Å². The van der Waals surface area contributed by atoms with Crippen LogP contribution >= 0.6 is 11.8 Å². The van der Waals surface area contributed by atoms with Crippen molar-refractivity contribution >= 4 is 17.7 Å². The van der Waals surface area contributed by atoms with Crippen LogP contribution < -0.4 is 0 Å². The lowest BCUT2D eigenvalue weighted by Crippen LogP contribution is -2.10. The van der Waals surface area contributed by atoms with E-state index in [9.17, 15) is 4.79 Å². The van der Waals surface area contributed by atoms with Gasteiger partial charge in [0.1, 0.15) is 17.7 Å². The Kier molecular flexibility index (Phi) is 3.25. The van der Waals surface area contributed by atoms with Crippen molar-refractivity contribution in [3.63, 3.8) is 0 Å². The maximum Gasteiger partial charge on any atom is 0.319 e. The van der Waals surface area contributed by atoms with Crippen LogP contribution in [0.1, 0.15) is 13.3 Å². The minimum absolute atomic E-state index is 0.0157. The van der Waals surface area contributed by atoms with Crippen LogP contribution in [0.5, 0.6) is 0 Å². The van der Waals surface area contributed by atoms with Gasteiger partial charge in [-0.15, -0.1) is 10.2 Å². The predicted octanol–water partition coefficient (Wildman–Crippen LogP) is 2.06. The van der Waals surface area contributed by atoms with E-state index in [0.717, 1.165) is 5.69 Å². The van der Waals surface area contributed by atoms with E-state index in [2.05, 4.69) is 10.2 Å². The van der Waals surface area contributed by atoms with E-state index in [1.54, 1.807) is 6.33 Å². The summed E-state index contributed by atoms with van der Waals surface area (Å²) in [5.41, 5.74) is 0.981. The first-order valence-corrected chi connectivity index (χ1v) is 6.94. The lowest BCUT2D eigenvalue weighted by Gasteiger charge is -2.07. The molecule has 6 heteroatoms. The van der Waals surface area contributed by atoms with Crippen molar-refractivity contribution in [2.45, 2.75) is 29.9 Å². The van der Waals surface area contributed by atoms with Gasteiger partial charge in [0.25, 0.3) is 0 Å². The van der Waals surface area contributed by atoms with E-state index in [0.29, 0.717) is 11.6 Å². The number of hydrogen-bond acceptors (Lipinski definition) is 5. The number of benzene rings is 1. The van der Waals surface area contributed by atoms with Gasteiger partial charge in [-0.05, 0) is 19.1 Å². The zero-order valence-electron chi connectivity index (χ0n) is 10.4. The van der Waals surface area contributed by atoms with Gasteiger partial charge in [-0.1, -0.05) is 30.0 Å². The summed E-state index contributed by atoms with van der Waals surface area (Å²) in [6, 6.07) is 9.81. The van der Waals surface area contributed by atoms with Gasteiger partial charge in [-0.3, -0.25) is 9.36 Å². The first kappa shape index (κ1) is 12.2. The first-order valence-electron chi connectivity index (χ1n) is 6.06. The number of thioether (sulfide) groups is 1. The molecule has 0 bridgehead atoms. The van der Waals surface area contributed by atoms with E-state index >= 15 is 0 Å². The highest BCUT2D eigenvalue weighted by Gasteiger charge is 2.33. The Morgan fingerprint density at radius 2 is 2.16 bits per heavy atom. The summed E-state index contributed by atoms with van der Waals surface area (Å²) in [7, 11) is 0. The third kappa shape index (κ3) is 2.49. The van der Waals surface area contributed by atoms with Crippen LogP contribution in [-0.2, 0) is 9.53 Å². The van der Waals surface area contributed by atoms with Gasteiger partial charge in [0.15, 0.2) is 5.16 Å². The quantitative estimate of drug-likeness (QED) is 0.803. The molecule has 0 unspecified atom stereocenters. The van der Waals surface area contributed by atoms with Crippen LogP contribution in [0.3, 0.4) is 0 Å². The fraction of sp³-hybridized carbons (Fsp3) is 0.308. The molecule has 1 saturated heterocycles. The molecule has 0 radical (unpaired) electrons. The van der Waals surface area contributed by atoms with Gasteiger partial charge in [-0.25, -0.2) is 0 Å². The zero-order chi connectivity index (χ0) is 13.2. The van der Waals surface area contributed by atoms with Crippen molar-refractivity contribution in [2.75, 3.05) is 0 Å². The molecule has 1 aliphatic heterocycles. The number of nitrogens with zero attached hydrogens (tertiary/aromatic N) is 3. The number of esters is 1. The summed E-state index contributed by atoms with van der Waals surface area (Å²) in [5.74, 6) is -0.167. The number of carbonyl (C=O) groups is 1. The maximum atomic E-state index is 11.7. The monoisotopic (exact) mass is 275 g/mol. The van der Waals surface area contributed by atoms with Crippen LogP contribution in [0.4, 0.5) is 0 Å². The molecule has 1 aromatic heterocycles. The number of ether oxygens (including phenoxy) is 1. The zero-order valence-corrected chi connectivity index (χ0v) is 11.2. The number of rotatable bonds is 3. The van der Waals surface area contributed by atoms with Crippen LogP contribution in [0, 0.1) is 0 Å².